The molecule has 0 aromatic carbocycles. The Balaban J connectivity index is 0.00000324. The van der Waals surface area contributed by atoms with Crippen LogP contribution in [-0.2, 0) is 11.2 Å². The lowest BCUT2D eigenvalue weighted by atomic mass is 10.1. The molecular formula is C16H26ClNO. The van der Waals surface area contributed by atoms with E-state index in [0.29, 0.717) is 0 Å². The van der Waals surface area contributed by atoms with Crippen molar-refractivity contribution in [3.8, 4) is 0 Å². The Morgan fingerprint density at radius 2 is 1.63 bits per heavy atom. The van der Waals surface area contributed by atoms with Gasteiger partial charge in [0.25, 0.3) is 0 Å². The molecule has 108 valence electrons. The first-order valence-electron chi connectivity index (χ1n) is 7.33. The summed E-state index contributed by atoms with van der Waals surface area (Å²) in [6.07, 6.45) is 14.4. The minimum absolute atomic E-state index is 0. The Morgan fingerprint density at radius 1 is 1.00 bits per heavy atom. The zero-order valence-corrected chi connectivity index (χ0v) is 12.7. The zero-order valence-electron chi connectivity index (χ0n) is 12.0. The molecule has 19 heavy (non-hydrogen) atoms. The van der Waals surface area contributed by atoms with Gasteiger partial charge in [0, 0.05) is 18.6 Å². The number of unbranched alkanes of at least 4 members (excludes halogenated alkanes) is 7. The van der Waals surface area contributed by atoms with Gasteiger partial charge in [0.2, 0.25) is 0 Å². The van der Waals surface area contributed by atoms with E-state index in [1.54, 1.807) is 4.57 Å². The van der Waals surface area contributed by atoms with Crippen LogP contribution in [0.3, 0.4) is 0 Å². The molecule has 3 heteroatoms. The number of hydrogen-bond donors (Lipinski definition) is 0. The van der Waals surface area contributed by atoms with E-state index >= 15 is 0 Å². The van der Waals surface area contributed by atoms with Gasteiger partial charge in [-0.2, -0.15) is 0 Å². The SMILES string of the molecule is CCCCCCCCCCc1cccc[n+]1C=O.[Cl-]. The second-order valence-electron chi connectivity index (χ2n) is 4.93. The van der Waals surface area contributed by atoms with Gasteiger partial charge in [0.05, 0.1) is 0 Å². The Morgan fingerprint density at radius 3 is 2.26 bits per heavy atom. The molecule has 0 N–H and O–H groups in total. The van der Waals surface area contributed by atoms with Crippen molar-refractivity contribution in [2.45, 2.75) is 64.7 Å². The van der Waals surface area contributed by atoms with Crippen LogP contribution in [0.25, 0.3) is 0 Å². The number of hydrogen-bond acceptors (Lipinski definition) is 1. The standard InChI is InChI=1S/C16H26NO.ClH/c1-2-3-4-5-6-7-8-9-12-16-13-10-11-14-17(16)15-18;/h10-11,13-15H,2-9,12H2,1H3;1H/q+1;/p-1. The third-order valence-corrected chi connectivity index (χ3v) is 3.38. The maximum atomic E-state index is 10.8. The first-order chi connectivity index (χ1) is 8.88. The van der Waals surface area contributed by atoms with Crippen LogP contribution in [0.15, 0.2) is 24.4 Å². The molecule has 2 nitrogen and oxygen atoms in total. The molecule has 0 aliphatic carbocycles. The summed E-state index contributed by atoms with van der Waals surface area (Å²) in [4.78, 5) is 10.8. The predicted molar refractivity (Wildman–Crippen MR) is 75.1 cm³/mol. The molecule has 1 aromatic heterocycles. The summed E-state index contributed by atoms with van der Waals surface area (Å²) in [5, 5.41) is 0. The van der Waals surface area contributed by atoms with Gasteiger partial charge >= 0.3 is 6.41 Å². The van der Waals surface area contributed by atoms with Crippen LogP contribution < -0.4 is 17.0 Å². The van der Waals surface area contributed by atoms with E-state index in [-0.39, 0.29) is 12.4 Å². The van der Waals surface area contributed by atoms with Crippen molar-refractivity contribution in [2.24, 2.45) is 0 Å². The number of carbonyl (C=O) groups is 1. The fraction of sp³-hybridized carbons (Fsp3) is 0.625. The lowest BCUT2D eigenvalue weighted by molar-refractivity contribution is -0.562. The lowest BCUT2D eigenvalue weighted by Crippen LogP contribution is -3.00. The van der Waals surface area contributed by atoms with Crippen LogP contribution in [0, 0.1) is 0 Å². The monoisotopic (exact) mass is 283 g/mol. The molecule has 0 atom stereocenters. The van der Waals surface area contributed by atoms with Crippen molar-refractivity contribution >= 4 is 6.41 Å². The van der Waals surface area contributed by atoms with Gasteiger partial charge in [-0.05, 0) is 6.42 Å². The van der Waals surface area contributed by atoms with E-state index in [1.165, 1.54) is 51.4 Å². The highest BCUT2D eigenvalue weighted by atomic mass is 35.5. The molecule has 0 saturated heterocycles. The van der Waals surface area contributed by atoms with Gasteiger partial charge in [-0.25, -0.2) is 4.79 Å². The van der Waals surface area contributed by atoms with Crippen LogP contribution in [0.5, 0.6) is 0 Å². The second kappa shape index (κ2) is 12.2. The molecule has 1 aromatic rings. The summed E-state index contributed by atoms with van der Waals surface area (Å²) in [6, 6.07) is 5.93. The highest BCUT2D eigenvalue weighted by molar-refractivity contribution is 5.35. The van der Waals surface area contributed by atoms with E-state index in [0.717, 1.165) is 18.5 Å². The first-order valence-corrected chi connectivity index (χ1v) is 7.33. The van der Waals surface area contributed by atoms with Crippen molar-refractivity contribution in [3.63, 3.8) is 0 Å². The number of aromatic nitrogens is 1. The first kappa shape index (κ1) is 18.1. The summed E-state index contributed by atoms with van der Waals surface area (Å²) < 4.78 is 1.68. The molecule has 0 spiro atoms. The van der Waals surface area contributed by atoms with Crippen molar-refractivity contribution in [2.75, 3.05) is 0 Å². The molecule has 0 radical (unpaired) electrons. The smallest absolute Gasteiger partial charge is 0.380 e. The number of aryl methyl sites for hydroxylation is 1. The summed E-state index contributed by atoms with van der Waals surface area (Å²) in [7, 11) is 0. The van der Waals surface area contributed by atoms with Gasteiger partial charge in [-0.1, -0.05) is 57.9 Å². The van der Waals surface area contributed by atoms with E-state index in [2.05, 4.69) is 6.92 Å². The fourth-order valence-corrected chi connectivity index (χ4v) is 2.25. The lowest BCUT2D eigenvalue weighted by Gasteiger charge is -2.01. The summed E-state index contributed by atoms with van der Waals surface area (Å²) in [5.41, 5.74) is 1.12. The minimum Gasteiger partial charge on any atom is -1.00 e. The van der Waals surface area contributed by atoms with Gasteiger partial charge < -0.3 is 12.4 Å². The Kier molecular flexibility index (Phi) is 11.6. The Labute approximate surface area is 123 Å². The molecular weight excluding hydrogens is 258 g/mol. The van der Waals surface area contributed by atoms with Crippen LogP contribution in [-0.4, -0.2) is 6.41 Å². The molecule has 0 bridgehead atoms. The van der Waals surface area contributed by atoms with E-state index in [1.807, 2.05) is 24.4 Å². The molecule has 1 heterocycles. The Hall–Kier alpha value is -0.890. The zero-order chi connectivity index (χ0) is 13.1. The summed E-state index contributed by atoms with van der Waals surface area (Å²) in [5.74, 6) is 0. The number of pyridine rings is 1. The molecule has 0 aliphatic rings. The average Bonchev–Trinajstić information content (AvgIpc) is 2.42. The summed E-state index contributed by atoms with van der Waals surface area (Å²) in [6.45, 7) is 2.25. The highest BCUT2D eigenvalue weighted by Gasteiger charge is 2.06. The molecule has 0 aliphatic heterocycles. The van der Waals surface area contributed by atoms with Crippen LogP contribution in [0.4, 0.5) is 0 Å². The normalized spacial score (nSPS) is 9.95. The molecule has 0 saturated carbocycles. The predicted octanol–water partition coefficient (Wildman–Crippen LogP) is 0.700. The highest BCUT2D eigenvalue weighted by Crippen LogP contribution is 2.09. The van der Waals surface area contributed by atoms with Crippen LogP contribution in [0.1, 0.15) is 64.0 Å². The maximum Gasteiger partial charge on any atom is 0.380 e. The van der Waals surface area contributed by atoms with Crippen molar-refractivity contribution < 1.29 is 21.8 Å². The van der Waals surface area contributed by atoms with Gasteiger partial charge in [0.15, 0.2) is 11.9 Å². The minimum atomic E-state index is 0. The second-order valence-corrected chi connectivity index (χ2v) is 4.93. The number of nitrogens with zero attached hydrogens (tertiary/aromatic N) is 1. The number of carbonyl (C=O) groups excluding carboxylic acids is 1. The fourth-order valence-electron chi connectivity index (χ4n) is 2.25. The maximum absolute atomic E-state index is 10.8. The third kappa shape index (κ3) is 7.99. The molecule has 1 rings (SSSR count). The Bertz CT molecular complexity index is 341. The average molecular weight is 284 g/mol. The molecule has 0 unspecified atom stereocenters. The van der Waals surface area contributed by atoms with E-state index < -0.39 is 0 Å². The molecule has 0 amide bonds. The van der Waals surface area contributed by atoms with Crippen molar-refractivity contribution in [3.05, 3.63) is 30.1 Å². The van der Waals surface area contributed by atoms with E-state index in [4.69, 9.17) is 0 Å². The number of halogens is 1. The van der Waals surface area contributed by atoms with E-state index in [9.17, 15) is 4.79 Å². The number of rotatable bonds is 10. The van der Waals surface area contributed by atoms with Crippen molar-refractivity contribution in [1.29, 1.82) is 0 Å². The van der Waals surface area contributed by atoms with Gasteiger partial charge in [-0.3, -0.25) is 0 Å². The van der Waals surface area contributed by atoms with Crippen LogP contribution in [0.2, 0.25) is 0 Å². The van der Waals surface area contributed by atoms with Gasteiger partial charge in [-0.15, -0.1) is 4.57 Å². The largest absolute Gasteiger partial charge is 1.00 e. The summed E-state index contributed by atoms with van der Waals surface area (Å²) >= 11 is 0. The van der Waals surface area contributed by atoms with Crippen LogP contribution >= 0.6 is 0 Å². The van der Waals surface area contributed by atoms with Gasteiger partial charge in [0.1, 0.15) is 0 Å². The van der Waals surface area contributed by atoms with Crippen molar-refractivity contribution in [1.82, 2.24) is 0 Å². The quantitative estimate of drug-likeness (QED) is 0.352. The molecule has 0 fully saturated rings. The topological polar surface area (TPSA) is 20.9 Å². The third-order valence-electron chi connectivity index (χ3n) is 3.38.